The Bertz CT molecular complexity index is 628. The van der Waals surface area contributed by atoms with Crippen LogP contribution in [0.2, 0.25) is 0 Å². The van der Waals surface area contributed by atoms with Gasteiger partial charge in [0.05, 0.1) is 24.9 Å². The molecule has 1 aliphatic carbocycles. The molecule has 8 heteroatoms. The van der Waals surface area contributed by atoms with Crippen molar-refractivity contribution in [1.29, 1.82) is 0 Å². The third-order valence-electron chi connectivity index (χ3n) is 4.69. The summed E-state index contributed by atoms with van der Waals surface area (Å²) in [5, 5.41) is 0. The summed E-state index contributed by atoms with van der Waals surface area (Å²) in [5.41, 5.74) is -1.20. The second-order valence-corrected chi connectivity index (χ2v) is 5.99. The molecule has 4 nitrogen and oxygen atoms in total. The molecule has 0 bridgehead atoms. The quantitative estimate of drug-likeness (QED) is 0.610. The van der Waals surface area contributed by atoms with Crippen molar-refractivity contribution < 1.29 is 31.8 Å². The number of methoxy groups -OCH3 is 1. The van der Waals surface area contributed by atoms with Crippen LogP contribution in [0.5, 0.6) is 0 Å². The first kappa shape index (κ1) is 17.2. The Morgan fingerprint density at radius 3 is 2.50 bits per heavy atom. The van der Waals surface area contributed by atoms with E-state index in [2.05, 4.69) is 0 Å². The maximum absolute atomic E-state index is 13.9. The fourth-order valence-electron chi connectivity index (χ4n) is 3.44. The largest absolute Gasteiger partial charge is 0.381 e. The topological polar surface area (TPSA) is 38.8 Å². The first-order valence-corrected chi connectivity index (χ1v) is 7.72. The van der Waals surface area contributed by atoms with Crippen LogP contribution in [-0.2, 0) is 9.47 Å². The van der Waals surface area contributed by atoms with Crippen LogP contribution in [0.25, 0.3) is 0 Å². The van der Waals surface area contributed by atoms with Gasteiger partial charge in [-0.15, -0.1) is 0 Å². The molecule has 1 saturated heterocycles. The number of halogens is 4. The SMILES string of the molecule is CO[C@@H]1CC[C@H]2OCCN(C(=O)c3c(F)c(F)cc(F)c3F)[C@H]2C1. The molecule has 24 heavy (non-hydrogen) atoms. The first-order valence-electron chi connectivity index (χ1n) is 7.72. The van der Waals surface area contributed by atoms with E-state index in [0.29, 0.717) is 12.8 Å². The third kappa shape index (κ3) is 2.88. The van der Waals surface area contributed by atoms with E-state index in [0.717, 1.165) is 6.42 Å². The Hall–Kier alpha value is -1.67. The predicted octanol–water partition coefficient (Wildman–Crippen LogP) is 2.65. The van der Waals surface area contributed by atoms with Gasteiger partial charge < -0.3 is 14.4 Å². The summed E-state index contributed by atoms with van der Waals surface area (Å²) in [6.07, 6.45) is 1.43. The molecule has 0 aromatic heterocycles. The zero-order chi connectivity index (χ0) is 17.4. The van der Waals surface area contributed by atoms with E-state index in [1.54, 1.807) is 7.11 Å². The Labute approximate surface area is 136 Å². The van der Waals surface area contributed by atoms with Crippen LogP contribution in [0.3, 0.4) is 0 Å². The van der Waals surface area contributed by atoms with Crippen LogP contribution < -0.4 is 0 Å². The molecule has 0 N–H and O–H groups in total. The fraction of sp³-hybridized carbons (Fsp3) is 0.562. The number of morpholine rings is 1. The van der Waals surface area contributed by atoms with E-state index in [4.69, 9.17) is 9.47 Å². The van der Waals surface area contributed by atoms with Crippen molar-refractivity contribution in [2.45, 2.75) is 37.5 Å². The number of benzene rings is 1. The van der Waals surface area contributed by atoms with Crippen molar-refractivity contribution >= 4 is 5.91 Å². The molecule has 1 aromatic carbocycles. The van der Waals surface area contributed by atoms with Gasteiger partial charge in [-0.3, -0.25) is 4.79 Å². The first-order chi connectivity index (χ1) is 11.4. The lowest BCUT2D eigenvalue weighted by Crippen LogP contribution is -2.57. The van der Waals surface area contributed by atoms with Crippen LogP contribution in [0.4, 0.5) is 17.6 Å². The molecule has 1 saturated carbocycles. The minimum absolute atomic E-state index is 0.0884. The molecule has 0 unspecified atom stereocenters. The summed E-state index contributed by atoms with van der Waals surface area (Å²) >= 11 is 0. The van der Waals surface area contributed by atoms with Gasteiger partial charge in [-0.2, -0.15) is 0 Å². The maximum Gasteiger partial charge on any atom is 0.260 e. The molecule has 1 aromatic rings. The highest BCUT2D eigenvalue weighted by Crippen LogP contribution is 2.32. The van der Waals surface area contributed by atoms with E-state index in [1.165, 1.54) is 4.90 Å². The number of nitrogens with zero attached hydrogens (tertiary/aromatic N) is 1. The molecule has 0 spiro atoms. The minimum Gasteiger partial charge on any atom is -0.381 e. The molecule has 1 aliphatic heterocycles. The van der Waals surface area contributed by atoms with E-state index < -0.39 is 40.8 Å². The average molecular weight is 347 g/mol. The molecule has 2 fully saturated rings. The van der Waals surface area contributed by atoms with Gasteiger partial charge in [-0.25, -0.2) is 17.6 Å². The summed E-state index contributed by atoms with van der Waals surface area (Å²) in [7, 11) is 1.54. The number of carbonyl (C=O) groups is 1. The minimum atomic E-state index is -1.68. The van der Waals surface area contributed by atoms with Gasteiger partial charge in [0, 0.05) is 19.7 Å². The Balaban J connectivity index is 1.94. The van der Waals surface area contributed by atoms with Crippen molar-refractivity contribution in [3.8, 4) is 0 Å². The molecule has 1 amide bonds. The fourth-order valence-corrected chi connectivity index (χ4v) is 3.44. The van der Waals surface area contributed by atoms with E-state index in [-0.39, 0.29) is 31.4 Å². The van der Waals surface area contributed by atoms with Crippen LogP contribution in [0, 0.1) is 23.3 Å². The van der Waals surface area contributed by atoms with E-state index in [1.807, 2.05) is 0 Å². The smallest absolute Gasteiger partial charge is 0.260 e. The Morgan fingerprint density at radius 1 is 1.21 bits per heavy atom. The monoisotopic (exact) mass is 347 g/mol. The summed E-state index contributed by atoms with van der Waals surface area (Å²) in [6.45, 7) is 0.291. The van der Waals surface area contributed by atoms with Crippen LogP contribution in [-0.4, -0.2) is 49.3 Å². The highest BCUT2D eigenvalue weighted by Gasteiger charge is 2.42. The van der Waals surface area contributed by atoms with Gasteiger partial charge in [0.2, 0.25) is 0 Å². The Morgan fingerprint density at radius 2 is 1.88 bits per heavy atom. The molecule has 3 atom stereocenters. The van der Waals surface area contributed by atoms with Gasteiger partial charge in [0.1, 0.15) is 5.56 Å². The highest BCUT2D eigenvalue weighted by molar-refractivity contribution is 5.95. The van der Waals surface area contributed by atoms with Crippen molar-refractivity contribution in [2.75, 3.05) is 20.3 Å². The summed E-state index contributed by atoms with van der Waals surface area (Å²) in [6, 6.07) is -0.361. The number of ether oxygens (including phenoxy) is 2. The highest BCUT2D eigenvalue weighted by atomic mass is 19.2. The lowest BCUT2D eigenvalue weighted by atomic mass is 9.87. The number of hydrogen-bond donors (Lipinski definition) is 0. The Kier molecular flexibility index (Phi) is 4.78. The lowest BCUT2D eigenvalue weighted by molar-refractivity contribution is -0.101. The van der Waals surface area contributed by atoms with Gasteiger partial charge in [-0.05, 0) is 19.3 Å². The van der Waals surface area contributed by atoms with Gasteiger partial charge >= 0.3 is 0 Å². The standard InChI is InChI=1S/C16H17F4NO3/c1-23-8-2-3-12-11(6-8)21(4-5-24-12)16(22)13-14(19)9(17)7-10(18)15(13)20/h7-8,11-12H,2-6H2,1H3/t8-,11+,12-/m1/s1. The molecule has 2 aliphatic rings. The summed E-state index contributed by atoms with van der Waals surface area (Å²) in [4.78, 5) is 13.8. The van der Waals surface area contributed by atoms with Gasteiger partial charge in [0.15, 0.2) is 23.3 Å². The molecule has 3 rings (SSSR count). The van der Waals surface area contributed by atoms with Crippen LogP contribution >= 0.6 is 0 Å². The number of rotatable bonds is 2. The normalized spacial score (nSPS) is 27.0. The molecule has 1 heterocycles. The predicted molar refractivity (Wildman–Crippen MR) is 75.5 cm³/mol. The second-order valence-electron chi connectivity index (χ2n) is 5.99. The maximum atomic E-state index is 13.9. The molecule has 132 valence electrons. The lowest BCUT2D eigenvalue weighted by Gasteiger charge is -2.45. The van der Waals surface area contributed by atoms with Crippen molar-refractivity contribution in [3.63, 3.8) is 0 Å². The van der Waals surface area contributed by atoms with Gasteiger partial charge in [-0.1, -0.05) is 0 Å². The van der Waals surface area contributed by atoms with Crippen molar-refractivity contribution in [3.05, 3.63) is 34.9 Å². The summed E-state index contributed by atoms with van der Waals surface area (Å²) < 4.78 is 65.6. The third-order valence-corrected chi connectivity index (χ3v) is 4.69. The second kappa shape index (κ2) is 6.68. The van der Waals surface area contributed by atoms with E-state index in [9.17, 15) is 22.4 Å². The van der Waals surface area contributed by atoms with E-state index >= 15 is 0 Å². The zero-order valence-corrected chi connectivity index (χ0v) is 13.0. The zero-order valence-electron chi connectivity index (χ0n) is 13.0. The van der Waals surface area contributed by atoms with Gasteiger partial charge in [0.25, 0.3) is 5.91 Å². The number of carbonyl (C=O) groups excluding carboxylic acids is 1. The van der Waals surface area contributed by atoms with Crippen LogP contribution in [0.15, 0.2) is 6.07 Å². The molecule has 0 radical (unpaired) electrons. The molecular formula is C16H17F4NO3. The number of amides is 1. The summed E-state index contributed by atoms with van der Waals surface area (Å²) in [5.74, 6) is -7.62. The number of fused-ring (bicyclic) bond motifs is 1. The molecular weight excluding hydrogens is 330 g/mol. The van der Waals surface area contributed by atoms with Crippen molar-refractivity contribution in [1.82, 2.24) is 4.90 Å². The average Bonchev–Trinajstić information content (AvgIpc) is 2.59. The van der Waals surface area contributed by atoms with Crippen molar-refractivity contribution in [2.24, 2.45) is 0 Å². The van der Waals surface area contributed by atoms with Crippen LogP contribution in [0.1, 0.15) is 29.6 Å². The number of hydrogen-bond acceptors (Lipinski definition) is 3.